The van der Waals surface area contributed by atoms with E-state index in [9.17, 15) is 8.42 Å². The maximum Gasteiger partial charge on any atom is 0.241 e. The quantitative estimate of drug-likeness (QED) is 0.702. The molecule has 0 spiro atoms. The van der Waals surface area contributed by atoms with E-state index in [0.29, 0.717) is 11.6 Å². The minimum atomic E-state index is -3.67. The van der Waals surface area contributed by atoms with Crippen molar-refractivity contribution in [2.75, 3.05) is 0 Å². The van der Waals surface area contributed by atoms with Gasteiger partial charge >= 0.3 is 0 Å². The highest BCUT2D eigenvalue weighted by atomic mass is 32.2. The number of hydrogen-bond acceptors (Lipinski definition) is 5. The standard InChI is InChI=1S/C19H23N5O2S/c1-13(17-21-18(23-22-17)14-9-11-20-12-10-14)24-27(25,26)16-7-5-15(6-8-16)19(2,3)4/h5-13,24H,1-4H3,(H,21,22,23)/t13-/m1/s1. The smallest absolute Gasteiger partial charge is 0.241 e. The Kier molecular flexibility index (Phi) is 5.12. The first-order valence-corrected chi connectivity index (χ1v) is 10.1. The fraction of sp³-hybridized carbons (Fsp3) is 0.316. The van der Waals surface area contributed by atoms with Gasteiger partial charge in [0.05, 0.1) is 10.9 Å². The second kappa shape index (κ2) is 7.21. The van der Waals surface area contributed by atoms with Gasteiger partial charge in [-0.05, 0) is 42.2 Å². The van der Waals surface area contributed by atoms with E-state index in [1.54, 1.807) is 43.6 Å². The number of rotatable bonds is 5. The van der Waals surface area contributed by atoms with Crippen LogP contribution >= 0.6 is 0 Å². The van der Waals surface area contributed by atoms with Crippen LogP contribution in [-0.2, 0) is 15.4 Å². The number of aromatic nitrogens is 4. The molecular formula is C19H23N5O2S. The van der Waals surface area contributed by atoms with Crippen LogP contribution in [0, 0.1) is 0 Å². The van der Waals surface area contributed by atoms with Crippen molar-refractivity contribution in [1.82, 2.24) is 24.9 Å². The first-order chi connectivity index (χ1) is 12.7. The molecule has 1 aromatic carbocycles. The summed E-state index contributed by atoms with van der Waals surface area (Å²) in [6.07, 6.45) is 3.30. The van der Waals surface area contributed by atoms with Crippen LogP contribution in [-0.4, -0.2) is 28.6 Å². The van der Waals surface area contributed by atoms with Gasteiger partial charge in [0.25, 0.3) is 0 Å². The lowest BCUT2D eigenvalue weighted by atomic mass is 9.87. The first-order valence-electron chi connectivity index (χ1n) is 8.62. The maximum absolute atomic E-state index is 12.7. The Labute approximate surface area is 159 Å². The second-order valence-corrected chi connectivity index (χ2v) is 9.11. The average molecular weight is 385 g/mol. The summed E-state index contributed by atoms with van der Waals surface area (Å²) >= 11 is 0. The lowest BCUT2D eigenvalue weighted by Crippen LogP contribution is -2.27. The normalized spacial score (nSPS) is 13.5. The van der Waals surface area contributed by atoms with Gasteiger partial charge < -0.3 is 0 Å². The largest absolute Gasteiger partial charge is 0.265 e. The Hall–Kier alpha value is -2.58. The molecule has 0 unspecified atom stereocenters. The third-order valence-electron chi connectivity index (χ3n) is 4.21. The van der Waals surface area contributed by atoms with Gasteiger partial charge in [0.2, 0.25) is 10.0 Å². The molecule has 0 aliphatic heterocycles. The fourth-order valence-corrected chi connectivity index (χ4v) is 3.80. The molecule has 2 heterocycles. The van der Waals surface area contributed by atoms with Crippen LogP contribution in [0.2, 0.25) is 0 Å². The van der Waals surface area contributed by atoms with E-state index in [4.69, 9.17) is 0 Å². The molecule has 0 bridgehead atoms. The second-order valence-electron chi connectivity index (χ2n) is 7.40. The molecule has 0 fully saturated rings. The number of benzene rings is 1. The van der Waals surface area contributed by atoms with E-state index < -0.39 is 16.1 Å². The first kappa shape index (κ1) is 19.2. The molecule has 142 valence electrons. The lowest BCUT2D eigenvalue weighted by Gasteiger charge is -2.19. The summed E-state index contributed by atoms with van der Waals surface area (Å²) in [5.41, 5.74) is 1.85. The predicted molar refractivity (Wildman–Crippen MR) is 103 cm³/mol. The van der Waals surface area contributed by atoms with Gasteiger partial charge in [0, 0.05) is 18.0 Å². The Morgan fingerprint density at radius 3 is 2.26 bits per heavy atom. The number of sulfonamides is 1. The van der Waals surface area contributed by atoms with Crippen molar-refractivity contribution < 1.29 is 8.42 Å². The van der Waals surface area contributed by atoms with Gasteiger partial charge in [-0.1, -0.05) is 32.9 Å². The summed E-state index contributed by atoms with van der Waals surface area (Å²) in [5.74, 6) is 0.935. The third kappa shape index (κ3) is 4.40. The number of aromatic amines is 1. The number of hydrogen-bond donors (Lipinski definition) is 2. The van der Waals surface area contributed by atoms with Crippen molar-refractivity contribution in [2.24, 2.45) is 0 Å². The van der Waals surface area contributed by atoms with E-state index in [-0.39, 0.29) is 10.3 Å². The van der Waals surface area contributed by atoms with Crippen molar-refractivity contribution in [3.05, 3.63) is 60.2 Å². The van der Waals surface area contributed by atoms with Crippen molar-refractivity contribution in [1.29, 1.82) is 0 Å². The van der Waals surface area contributed by atoms with Crippen LogP contribution in [0.15, 0.2) is 53.7 Å². The molecule has 0 saturated carbocycles. The van der Waals surface area contributed by atoms with E-state index in [1.807, 2.05) is 12.1 Å². The Morgan fingerprint density at radius 2 is 1.67 bits per heavy atom. The zero-order chi connectivity index (χ0) is 19.7. The van der Waals surface area contributed by atoms with Crippen LogP contribution in [0.25, 0.3) is 11.4 Å². The summed E-state index contributed by atoms with van der Waals surface area (Å²) < 4.78 is 28.0. The van der Waals surface area contributed by atoms with E-state index in [1.165, 1.54) is 0 Å². The SMILES string of the molecule is C[C@@H](NS(=O)(=O)c1ccc(C(C)(C)C)cc1)c1nc(-c2ccncc2)n[nH]1. The zero-order valence-electron chi connectivity index (χ0n) is 15.8. The predicted octanol–water partition coefficient (Wildman–Crippen LogP) is 3.20. The Bertz CT molecular complexity index is 1010. The molecule has 27 heavy (non-hydrogen) atoms. The lowest BCUT2D eigenvalue weighted by molar-refractivity contribution is 0.559. The van der Waals surface area contributed by atoms with Crippen molar-refractivity contribution in [2.45, 2.75) is 44.0 Å². The van der Waals surface area contributed by atoms with Crippen molar-refractivity contribution in [3.8, 4) is 11.4 Å². The zero-order valence-corrected chi connectivity index (χ0v) is 16.6. The summed E-state index contributed by atoms with van der Waals surface area (Å²) in [5, 5.41) is 6.95. The van der Waals surface area contributed by atoms with Gasteiger partial charge in [0.1, 0.15) is 5.82 Å². The molecule has 0 radical (unpaired) electrons. The molecule has 0 aliphatic carbocycles. The monoisotopic (exact) mass is 385 g/mol. The molecule has 8 heteroatoms. The molecular weight excluding hydrogens is 362 g/mol. The molecule has 0 aliphatic rings. The highest BCUT2D eigenvalue weighted by molar-refractivity contribution is 7.89. The number of pyridine rings is 1. The maximum atomic E-state index is 12.7. The molecule has 0 saturated heterocycles. The van der Waals surface area contributed by atoms with Crippen LogP contribution in [0.4, 0.5) is 0 Å². The van der Waals surface area contributed by atoms with Gasteiger partial charge in [-0.25, -0.2) is 18.1 Å². The van der Waals surface area contributed by atoms with Gasteiger partial charge in [-0.15, -0.1) is 0 Å². The molecule has 0 amide bonds. The average Bonchev–Trinajstić information content (AvgIpc) is 3.12. The van der Waals surface area contributed by atoms with E-state index >= 15 is 0 Å². The summed E-state index contributed by atoms with van der Waals surface area (Å²) in [6, 6.07) is 9.96. The molecule has 3 rings (SSSR count). The minimum Gasteiger partial charge on any atom is -0.265 e. The minimum absolute atomic E-state index is 0.0355. The molecule has 2 N–H and O–H groups in total. The van der Waals surface area contributed by atoms with Crippen LogP contribution in [0.5, 0.6) is 0 Å². The number of nitrogens with one attached hydrogen (secondary N) is 2. The highest BCUT2D eigenvalue weighted by Gasteiger charge is 2.22. The van der Waals surface area contributed by atoms with Gasteiger partial charge in [-0.3, -0.25) is 10.1 Å². The fourth-order valence-electron chi connectivity index (χ4n) is 2.59. The number of nitrogens with zero attached hydrogens (tertiary/aromatic N) is 3. The van der Waals surface area contributed by atoms with Crippen LogP contribution < -0.4 is 4.72 Å². The van der Waals surface area contributed by atoms with Gasteiger partial charge in [-0.2, -0.15) is 5.10 Å². The molecule has 1 atom stereocenters. The third-order valence-corrected chi connectivity index (χ3v) is 5.77. The van der Waals surface area contributed by atoms with E-state index in [0.717, 1.165) is 11.1 Å². The molecule has 2 aromatic heterocycles. The number of H-pyrrole nitrogens is 1. The summed E-state index contributed by atoms with van der Waals surface area (Å²) in [7, 11) is -3.67. The van der Waals surface area contributed by atoms with Crippen molar-refractivity contribution >= 4 is 10.0 Å². The van der Waals surface area contributed by atoms with Crippen molar-refractivity contribution in [3.63, 3.8) is 0 Å². The van der Waals surface area contributed by atoms with E-state index in [2.05, 4.69) is 45.7 Å². The summed E-state index contributed by atoms with van der Waals surface area (Å²) in [4.78, 5) is 8.56. The highest BCUT2D eigenvalue weighted by Crippen LogP contribution is 2.24. The van der Waals surface area contributed by atoms with Crippen LogP contribution in [0.3, 0.4) is 0 Å². The Morgan fingerprint density at radius 1 is 1.04 bits per heavy atom. The Balaban J connectivity index is 1.77. The summed E-state index contributed by atoms with van der Waals surface area (Å²) in [6.45, 7) is 7.97. The topological polar surface area (TPSA) is 101 Å². The molecule has 7 nitrogen and oxygen atoms in total. The molecule has 3 aromatic rings. The van der Waals surface area contributed by atoms with Crippen LogP contribution in [0.1, 0.15) is 45.1 Å². The van der Waals surface area contributed by atoms with Gasteiger partial charge in [0.15, 0.2) is 5.82 Å².